The van der Waals surface area contributed by atoms with Crippen molar-refractivity contribution in [1.29, 1.82) is 0 Å². The van der Waals surface area contributed by atoms with Crippen molar-refractivity contribution >= 4 is 11.8 Å². The number of fused-ring (bicyclic) bond motifs is 2. The lowest BCUT2D eigenvalue weighted by Gasteiger charge is -2.42. The van der Waals surface area contributed by atoms with Crippen LogP contribution in [0.15, 0.2) is 52.9 Å². The van der Waals surface area contributed by atoms with E-state index in [1.165, 1.54) is 10.5 Å². The molecule has 1 amide bonds. The molecule has 0 bridgehead atoms. The minimum atomic E-state index is -0.503. The fraction of sp³-hybridized carbons (Fsp3) is 0.360. The van der Waals surface area contributed by atoms with Crippen LogP contribution < -0.4 is 10.2 Å². The summed E-state index contributed by atoms with van der Waals surface area (Å²) in [6.45, 7) is 6.98. The van der Waals surface area contributed by atoms with Crippen LogP contribution in [0.4, 0.5) is 10.5 Å². The molecule has 31 heavy (non-hydrogen) atoms. The molecule has 2 aliphatic heterocycles. The average Bonchev–Trinajstić information content (AvgIpc) is 3.15. The first-order valence-corrected chi connectivity index (χ1v) is 11.0. The number of aromatic nitrogens is 1. The zero-order valence-corrected chi connectivity index (χ0v) is 18.0. The van der Waals surface area contributed by atoms with Crippen LogP contribution in [0.2, 0.25) is 0 Å². The number of ether oxygens (including phenoxy) is 1. The van der Waals surface area contributed by atoms with E-state index in [1.54, 1.807) is 0 Å². The lowest BCUT2D eigenvalue weighted by atomic mass is 9.81. The van der Waals surface area contributed by atoms with Gasteiger partial charge in [-0.1, -0.05) is 29.8 Å². The van der Waals surface area contributed by atoms with E-state index < -0.39 is 5.60 Å². The molecule has 2 aliphatic rings. The molecule has 0 saturated carbocycles. The highest BCUT2D eigenvalue weighted by Crippen LogP contribution is 2.42. The number of nitrogens with one attached hydrogen (secondary N) is 2. The van der Waals surface area contributed by atoms with Gasteiger partial charge in [0.25, 0.3) is 0 Å². The summed E-state index contributed by atoms with van der Waals surface area (Å²) in [5.74, 6) is 1.58. The number of rotatable bonds is 4. The number of nitrogens with zero attached hydrogens (tertiary/aromatic N) is 1. The van der Waals surface area contributed by atoms with Crippen molar-refractivity contribution in [2.75, 3.05) is 25.0 Å². The average molecular weight is 419 g/mol. The summed E-state index contributed by atoms with van der Waals surface area (Å²) < 4.78 is 11.8. The third kappa shape index (κ3) is 3.83. The van der Waals surface area contributed by atoms with Crippen molar-refractivity contribution in [3.8, 4) is 11.5 Å². The summed E-state index contributed by atoms with van der Waals surface area (Å²) >= 11 is 0. The van der Waals surface area contributed by atoms with Crippen molar-refractivity contribution in [3.05, 3.63) is 71.1 Å². The van der Waals surface area contributed by atoms with E-state index in [4.69, 9.17) is 14.1 Å². The maximum atomic E-state index is 12.2. The summed E-state index contributed by atoms with van der Waals surface area (Å²) in [5, 5.41) is 2.85. The van der Waals surface area contributed by atoms with Crippen LogP contribution >= 0.6 is 0 Å². The number of aryl methyl sites for hydroxylation is 2. The number of oxazole rings is 1. The Morgan fingerprint density at radius 1 is 1.10 bits per heavy atom. The number of hydrogen-bond acceptors (Lipinski definition) is 4. The summed E-state index contributed by atoms with van der Waals surface area (Å²) in [5.41, 5.74) is 4.72. The third-order valence-corrected chi connectivity index (χ3v) is 6.58. The first-order chi connectivity index (χ1) is 15.0. The number of benzene rings is 2. The highest BCUT2D eigenvalue weighted by molar-refractivity contribution is 5.89. The van der Waals surface area contributed by atoms with Gasteiger partial charge in [-0.25, -0.2) is 9.78 Å². The van der Waals surface area contributed by atoms with Gasteiger partial charge in [0.15, 0.2) is 5.60 Å². The highest BCUT2D eigenvalue weighted by atomic mass is 16.6. The smallest absolute Gasteiger partial charge is 0.412 e. The molecule has 3 aromatic rings. The largest absolute Gasteiger partial charge is 0.441 e. The summed E-state index contributed by atoms with van der Waals surface area (Å²) in [4.78, 5) is 18.4. The van der Waals surface area contributed by atoms with Gasteiger partial charge in [-0.05, 0) is 38.1 Å². The van der Waals surface area contributed by atoms with Gasteiger partial charge in [0.2, 0.25) is 5.89 Å². The zero-order valence-electron chi connectivity index (χ0n) is 18.0. The maximum Gasteiger partial charge on any atom is 0.412 e. The van der Waals surface area contributed by atoms with E-state index in [0.717, 1.165) is 67.2 Å². The number of hydrogen-bond donors (Lipinski definition) is 2. The van der Waals surface area contributed by atoms with Crippen molar-refractivity contribution in [2.45, 2.75) is 38.7 Å². The second-order valence-corrected chi connectivity index (χ2v) is 8.70. The molecule has 5 rings (SSSR count). The third-order valence-electron chi connectivity index (χ3n) is 6.58. The minimum Gasteiger partial charge on any atom is -0.441 e. The first-order valence-electron chi connectivity index (χ1n) is 11.0. The van der Waals surface area contributed by atoms with Crippen molar-refractivity contribution in [3.63, 3.8) is 0 Å². The fourth-order valence-electron chi connectivity index (χ4n) is 4.80. The quantitative estimate of drug-likeness (QED) is 0.679. The second-order valence-electron chi connectivity index (χ2n) is 8.70. The van der Waals surface area contributed by atoms with E-state index in [2.05, 4.69) is 18.3 Å². The van der Waals surface area contributed by atoms with Gasteiger partial charge in [0.05, 0.1) is 31.0 Å². The monoisotopic (exact) mass is 418 g/mol. The van der Waals surface area contributed by atoms with Crippen molar-refractivity contribution in [1.82, 2.24) is 4.98 Å². The topological polar surface area (TPSA) is 68.8 Å². The predicted molar refractivity (Wildman–Crippen MR) is 118 cm³/mol. The molecule has 6 heteroatoms. The van der Waals surface area contributed by atoms with Crippen LogP contribution in [0.5, 0.6) is 0 Å². The molecule has 1 aromatic heterocycles. The Morgan fingerprint density at radius 3 is 2.65 bits per heavy atom. The molecule has 2 N–H and O–H groups in total. The predicted octanol–water partition coefficient (Wildman–Crippen LogP) is 3.64. The van der Waals surface area contributed by atoms with Gasteiger partial charge < -0.3 is 14.1 Å². The number of carbonyl (C=O) groups is 1. The number of quaternary nitrogens is 1. The molecular weight excluding hydrogens is 390 g/mol. The maximum absolute atomic E-state index is 12.2. The second kappa shape index (κ2) is 7.85. The van der Waals surface area contributed by atoms with Gasteiger partial charge >= 0.3 is 6.09 Å². The van der Waals surface area contributed by atoms with Crippen LogP contribution in [0, 0.1) is 13.8 Å². The molecule has 0 unspecified atom stereocenters. The number of carbonyl (C=O) groups excluding carboxylic acids is 1. The first kappa shape index (κ1) is 19.8. The lowest BCUT2D eigenvalue weighted by Crippen LogP contribution is -3.13. The molecule has 3 heterocycles. The summed E-state index contributed by atoms with van der Waals surface area (Å²) in [6.07, 6.45) is 2.20. The lowest BCUT2D eigenvalue weighted by molar-refractivity contribution is -0.907. The summed E-state index contributed by atoms with van der Waals surface area (Å²) in [6, 6.07) is 16.2. The molecule has 2 aromatic carbocycles. The van der Waals surface area contributed by atoms with Crippen LogP contribution in [0.3, 0.4) is 0 Å². The Balaban J connectivity index is 1.25. The summed E-state index contributed by atoms with van der Waals surface area (Å²) in [7, 11) is 0. The van der Waals surface area contributed by atoms with Crippen molar-refractivity contribution < 1.29 is 18.8 Å². The van der Waals surface area contributed by atoms with E-state index in [1.807, 2.05) is 49.4 Å². The minimum absolute atomic E-state index is 0.341. The Bertz CT molecular complexity index is 1100. The zero-order chi connectivity index (χ0) is 21.4. The van der Waals surface area contributed by atoms with Crippen LogP contribution in [-0.2, 0) is 16.8 Å². The van der Waals surface area contributed by atoms with Gasteiger partial charge in [0.1, 0.15) is 5.76 Å². The molecule has 1 saturated heterocycles. The van der Waals surface area contributed by atoms with Crippen LogP contribution in [0.1, 0.15) is 35.4 Å². The molecule has 0 aliphatic carbocycles. The number of amides is 1. The van der Waals surface area contributed by atoms with E-state index >= 15 is 0 Å². The molecule has 0 radical (unpaired) electrons. The normalized spacial score (nSPS) is 22.6. The Labute approximate surface area is 182 Å². The molecular formula is C25H28N3O3+. The Hall–Kier alpha value is -3.12. The van der Waals surface area contributed by atoms with Gasteiger partial charge in [-0.15, -0.1) is 0 Å². The molecule has 0 atom stereocenters. The fourth-order valence-corrected chi connectivity index (χ4v) is 4.80. The molecule has 1 fully saturated rings. The molecule has 1 spiro atoms. The van der Waals surface area contributed by atoms with Gasteiger partial charge in [0, 0.05) is 30.4 Å². The Morgan fingerprint density at radius 2 is 1.87 bits per heavy atom. The van der Waals surface area contributed by atoms with E-state index in [-0.39, 0.29) is 6.09 Å². The number of anilines is 1. The van der Waals surface area contributed by atoms with Crippen LogP contribution in [0.25, 0.3) is 11.5 Å². The van der Waals surface area contributed by atoms with E-state index in [0.29, 0.717) is 5.89 Å². The molecule has 160 valence electrons. The van der Waals surface area contributed by atoms with Crippen molar-refractivity contribution in [2.24, 2.45) is 0 Å². The highest BCUT2D eigenvalue weighted by Gasteiger charge is 2.46. The van der Waals surface area contributed by atoms with E-state index in [9.17, 15) is 4.79 Å². The van der Waals surface area contributed by atoms with Gasteiger partial charge in [-0.3, -0.25) is 5.32 Å². The molecule has 6 nitrogen and oxygen atoms in total. The van der Waals surface area contributed by atoms with Crippen LogP contribution in [-0.4, -0.2) is 30.7 Å². The number of piperidine rings is 1. The number of likely N-dealkylation sites (tertiary alicyclic amines) is 1. The Kier molecular flexibility index (Phi) is 5.02. The SMILES string of the molecule is Cc1ccc2c(c1)C1(CC[NH+](CCc3nc(-c4ccccc4)oc3C)CC1)OC(=O)N2. The van der Waals surface area contributed by atoms with Gasteiger partial charge in [-0.2, -0.15) is 0 Å². The standard InChI is InChI=1S/C25H27N3O3/c1-17-8-9-22-20(16-17)25(31-24(29)27-22)11-14-28(15-12-25)13-10-21-18(2)30-23(26-21)19-6-4-3-5-7-19/h3-9,16H,10-15H2,1-2H3,(H,27,29)/p+1.